The Hall–Kier alpha value is -1.74. The van der Waals surface area contributed by atoms with Crippen LogP contribution < -0.4 is 5.73 Å². The van der Waals surface area contributed by atoms with Gasteiger partial charge in [0.25, 0.3) is 0 Å². The van der Waals surface area contributed by atoms with Crippen molar-refractivity contribution >= 4 is 23.5 Å². The zero-order valence-electron chi connectivity index (χ0n) is 9.14. The van der Waals surface area contributed by atoms with Gasteiger partial charge in [-0.1, -0.05) is 42.1 Å². The predicted molar refractivity (Wildman–Crippen MR) is 72.2 cm³/mol. The number of thioether (sulfide) groups is 1. The van der Waals surface area contributed by atoms with E-state index in [0.717, 1.165) is 22.2 Å². The maximum atomic E-state index is 13.7. The third-order valence-corrected chi connectivity index (χ3v) is 3.00. The molecule has 0 bridgehead atoms. The summed E-state index contributed by atoms with van der Waals surface area (Å²) < 4.78 is 13.7. The van der Waals surface area contributed by atoms with Gasteiger partial charge in [0.05, 0.1) is 0 Å². The average Bonchev–Trinajstić information content (AvgIpc) is 2.33. The van der Waals surface area contributed by atoms with Crippen molar-refractivity contribution in [1.29, 1.82) is 0 Å². The number of halogens is 1. The Morgan fingerprint density at radius 2 is 1.65 bits per heavy atom. The van der Waals surface area contributed by atoms with Gasteiger partial charge in [-0.3, -0.25) is 0 Å². The molecular formula is C14H12FNS. The summed E-state index contributed by atoms with van der Waals surface area (Å²) in [4.78, 5) is 0.837. The van der Waals surface area contributed by atoms with Crippen molar-refractivity contribution in [3.8, 4) is 0 Å². The quantitative estimate of drug-likeness (QED) is 0.643. The number of anilines is 1. The topological polar surface area (TPSA) is 26.0 Å². The number of nitrogens with two attached hydrogens (primary N) is 1. The molecule has 3 heteroatoms. The van der Waals surface area contributed by atoms with Gasteiger partial charge in [0.15, 0.2) is 5.16 Å². The van der Waals surface area contributed by atoms with Crippen molar-refractivity contribution in [1.82, 2.24) is 0 Å². The predicted octanol–water partition coefficient (Wildman–Crippen LogP) is 4.33. The normalized spacial score (nSPS) is 11.5. The van der Waals surface area contributed by atoms with Gasteiger partial charge < -0.3 is 5.73 Å². The van der Waals surface area contributed by atoms with Crippen molar-refractivity contribution in [3.63, 3.8) is 0 Å². The van der Waals surface area contributed by atoms with E-state index < -0.39 is 0 Å². The fourth-order valence-electron chi connectivity index (χ4n) is 1.36. The first-order valence-corrected chi connectivity index (χ1v) is 6.01. The lowest BCUT2D eigenvalue weighted by atomic mass is 10.2. The SMILES string of the molecule is Nc1ccc(S/C(F)=C/c2ccccc2)cc1. The Labute approximate surface area is 104 Å². The van der Waals surface area contributed by atoms with E-state index in [9.17, 15) is 4.39 Å². The Morgan fingerprint density at radius 1 is 1.00 bits per heavy atom. The molecule has 2 N–H and O–H groups in total. The highest BCUT2D eigenvalue weighted by atomic mass is 32.2. The van der Waals surface area contributed by atoms with E-state index in [0.29, 0.717) is 5.69 Å². The standard InChI is InChI=1S/C14H12FNS/c15-14(10-11-4-2-1-3-5-11)17-13-8-6-12(16)7-9-13/h1-10H,16H2/b14-10+. The summed E-state index contributed by atoms with van der Waals surface area (Å²) in [5.74, 6) is 0. The minimum atomic E-state index is -0.235. The van der Waals surface area contributed by atoms with Crippen molar-refractivity contribution in [2.24, 2.45) is 0 Å². The number of benzene rings is 2. The van der Waals surface area contributed by atoms with Crippen LogP contribution in [0.5, 0.6) is 0 Å². The second-order valence-electron chi connectivity index (χ2n) is 3.53. The summed E-state index contributed by atoms with van der Waals surface area (Å²) in [6.45, 7) is 0. The Morgan fingerprint density at radius 3 is 2.29 bits per heavy atom. The van der Waals surface area contributed by atoms with Crippen molar-refractivity contribution in [2.45, 2.75) is 4.90 Å². The first kappa shape index (κ1) is 11.7. The number of hydrogen-bond donors (Lipinski definition) is 1. The van der Waals surface area contributed by atoms with Crippen molar-refractivity contribution in [2.75, 3.05) is 5.73 Å². The highest BCUT2D eigenvalue weighted by molar-refractivity contribution is 8.03. The van der Waals surface area contributed by atoms with Crippen LogP contribution in [0.2, 0.25) is 0 Å². The maximum absolute atomic E-state index is 13.7. The molecule has 2 aromatic carbocycles. The summed E-state index contributed by atoms with van der Waals surface area (Å²) in [7, 11) is 0. The molecule has 0 aliphatic heterocycles. The molecule has 0 amide bonds. The van der Waals surface area contributed by atoms with Gasteiger partial charge in [0.1, 0.15) is 0 Å². The molecule has 0 aliphatic carbocycles. The van der Waals surface area contributed by atoms with E-state index in [1.807, 2.05) is 30.3 Å². The zero-order chi connectivity index (χ0) is 12.1. The smallest absolute Gasteiger partial charge is 0.161 e. The van der Waals surface area contributed by atoms with E-state index in [-0.39, 0.29) is 5.16 Å². The Balaban J connectivity index is 2.09. The van der Waals surface area contributed by atoms with Crippen molar-refractivity contribution < 1.29 is 4.39 Å². The molecule has 0 aromatic heterocycles. The van der Waals surface area contributed by atoms with Crippen LogP contribution in [0.1, 0.15) is 5.56 Å². The molecule has 0 aliphatic rings. The summed E-state index contributed by atoms with van der Waals surface area (Å²) in [6, 6.07) is 16.5. The van der Waals surface area contributed by atoms with Gasteiger partial charge in [0, 0.05) is 10.6 Å². The molecule has 0 radical (unpaired) electrons. The highest BCUT2D eigenvalue weighted by Crippen LogP contribution is 2.29. The van der Waals surface area contributed by atoms with Gasteiger partial charge >= 0.3 is 0 Å². The summed E-state index contributed by atoms with van der Waals surface area (Å²) >= 11 is 1.09. The fraction of sp³-hybridized carbons (Fsp3) is 0. The Bertz CT molecular complexity index is 506. The van der Waals surface area contributed by atoms with E-state index in [4.69, 9.17) is 5.73 Å². The average molecular weight is 245 g/mol. The van der Waals surface area contributed by atoms with Gasteiger partial charge in [-0.05, 0) is 35.9 Å². The van der Waals surface area contributed by atoms with Crippen LogP contribution in [0.25, 0.3) is 6.08 Å². The molecule has 0 atom stereocenters. The second-order valence-corrected chi connectivity index (χ2v) is 4.60. The molecule has 2 rings (SSSR count). The van der Waals surface area contributed by atoms with Crippen LogP contribution >= 0.6 is 11.8 Å². The van der Waals surface area contributed by atoms with Crippen molar-refractivity contribution in [3.05, 3.63) is 65.3 Å². The molecule has 0 unspecified atom stereocenters. The lowest BCUT2D eigenvalue weighted by Crippen LogP contribution is -1.82. The monoisotopic (exact) mass is 245 g/mol. The maximum Gasteiger partial charge on any atom is 0.161 e. The molecular weight excluding hydrogens is 233 g/mol. The van der Waals surface area contributed by atoms with Gasteiger partial charge in [-0.2, -0.15) is 4.39 Å². The van der Waals surface area contributed by atoms with E-state index in [1.165, 1.54) is 6.08 Å². The minimum absolute atomic E-state index is 0.235. The molecule has 0 heterocycles. The second kappa shape index (κ2) is 5.55. The van der Waals surface area contributed by atoms with Crippen LogP contribution in [0.3, 0.4) is 0 Å². The number of rotatable bonds is 3. The van der Waals surface area contributed by atoms with Crippen LogP contribution in [-0.2, 0) is 0 Å². The molecule has 1 nitrogen and oxygen atoms in total. The molecule has 0 fully saturated rings. The van der Waals surface area contributed by atoms with Gasteiger partial charge in [0.2, 0.25) is 0 Å². The lowest BCUT2D eigenvalue weighted by molar-refractivity contribution is 0.706. The van der Waals surface area contributed by atoms with Crippen LogP contribution in [0, 0.1) is 0 Å². The zero-order valence-corrected chi connectivity index (χ0v) is 9.95. The largest absolute Gasteiger partial charge is 0.399 e. The highest BCUT2D eigenvalue weighted by Gasteiger charge is 1.99. The van der Waals surface area contributed by atoms with Gasteiger partial charge in [-0.25, -0.2) is 0 Å². The molecule has 86 valence electrons. The molecule has 0 saturated heterocycles. The minimum Gasteiger partial charge on any atom is -0.399 e. The van der Waals surface area contributed by atoms with Crippen LogP contribution in [-0.4, -0.2) is 0 Å². The van der Waals surface area contributed by atoms with E-state index in [2.05, 4.69) is 0 Å². The molecule has 2 aromatic rings. The first-order chi connectivity index (χ1) is 8.24. The van der Waals surface area contributed by atoms with Gasteiger partial charge in [-0.15, -0.1) is 0 Å². The summed E-state index contributed by atoms with van der Waals surface area (Å²) in [5.41, 5.74) is 7.10. The third kappa shape index (κ3) is 3.64. The first-order valence-electron chi connectivity index (χ1n) is 5.20. The molecule has 17 heavy (non-hydrogen) atoms. The summed E-state index contributed by atoms with van der Waals surface area (Å²) in [5, 5.41) is -0.235. The fourth-order valence-corrected chi connectivity index (χ4v) is 2.05. The summed E-state index contributed by atoms with van der Waals surface area (Å²) in [6.07, 6.45) is 1.51. The molecule has 0 saturated carbocycles. The van der Waals surface area contributed by atoms with Crippen LogP contribution in [0.15, 0.2) is 64.7 Å². The number of hydrogen-bond acceptors (Lipinski definition) is 2. The number of nitrogen functional groups attached to an aromatic ring is 1. The van der Waals surface area contributed by atoms with E-state index in [1.54, 1.807) is 24.3 Å². The molecule has 0 spiro atoms. The lowest BCUT2D eigenvalue weighted by Gasteiger charge is -1.99. The Kier molecular flexibility index (Phi) is 3.83. The van der Waals surface area contributed by atoms with Crippen LogP contribution in [0.4, 0.5) is 10.1 Å². The van der Waals surface area contributed by atoms with E-state index >= 15 is 0 Å². The third-order valence-electron chi connectivity index (χ3n) is 2.18.